The second-order valence-corrected chi connectivity index (χ2v) is 6.54. The lowest BCUT2D eigenvalue weighted by Gasteiger charge is -2.39. The molecule has 2 aromatic rings. The first-order valence-electron chi connectivity index (χ1n) is 8.13. The van der Waals surface area contributed by atoms with E-state index in [4.69, 9.17) is 0 Å². The molecule has 1 saturated heterocycles. The summed E-state index contributed by atoms with van der Waals surface area (Å²) in [5.41, 5.74) is 3.17. The Bertz CT molecular complexity index is 606. The molecule has 1 aromatic heterocycles. The van der Waals surface area contributed by atoms with Gasteiger partial charge in [-0.1, -0.05) is 18.2 Å². The molecule has 114 valence electrons. The molecule has 0 saturated carbocycles. The van der Waals surface area contributed by atoms with Crippen LogP contribution in [0.3, 0.4) is 0 Å². The minimum absolute atomic E-state index is 0.327. The molecule has 1 aliphatic heterocycles. The van der Waals surface area contributed by atoms with E-state index in [9.17, 15) is 0 Å². The van der Waals surface area contributed by atoms with E-state index in [1.165, 1.54) is 42.4 Å². The van der Waals surface area contributed by atoms with Gasteiger partial charge in [-0.3, -0.25) is 4.90 Å². The molecule has 1 aromatic carbocycles. The number of para-hydroxylation sites is 1. The van der Waals surface area contributed by atoms with Crippen LogP contribution in [-0.4, -0.2) is 35.1 Å². The molecule has 0 radical (unpaired) electrons. The Labute approximate surface area is 127 Å². The Hall–Kier alpha value is -1.32. The number of nitrogens with one attached hydrogen (secondary N) is 1. The van der Waals surface area contributed by atoms with Crippen molar-refractivity contribution in [2.75, 3.05) is 20.1 Å². The number of benzene rings is 1. The molecule has 0 amide bonds. The van der Waals surface area contributed by atoms with Crippen molar-refractivity contribution in [2.45, 2.75) is 45.3 Å². The highest BCUT2D eigenvalue weighted by molar-refractivity contribution is 5.83. The molecule has 3 nitrogen and oxygen atoms in total. The van der Waals surface area contributed by atoms with Crippen LogP contribution >= 0.6 is 0 Å². The number of likely N-dealkylation sites (tertiary alicyclic amines) is 1. The lowest BCUT2D eigenvalue weighted by molar-refractivity contribution is 0.146. The zero-order valence-corrected chi connectivity index (χ0v) is 13.5. The van der Waals surface area contributed by atoms with Crippen molar-refractivity contribution in [1.29, 1.82) is 0 Å². The zero-order valence-electron chi connectivity index (χ0n) is 13.5. The highest BCUT2D eigenvalue weighted by Crippen LogP contribution is 2.26. The maximum absolute atomic E-state index is 3.48. The second kappa shape index (κ2) is 5.82. The molecular formula is C18H27N3. The predicted molar refractivity (Wildman–Crippen MR) is 89.6 cm³/mol. The summed E-state index contributed by atoms with van der Waals surface area (Å²) in [4.78, 5) is 2.60. The van der Waals surface area contributed by atoms with Gasteiger partial charge in [-0.25, -0.2) is 0 Å². The van der Waals surface area contributed by atoms with E-state index in [1.807, 2.05) is 0 Å². The van der Waals surface area contributed by atoms with Crippen molar-refractivity contribution in [1.82, 2.24) is 14.8 Å². The number of hydrogen-bond donors (Lipinski definition) is 1. The first kappa shape index (κ1) is 14.6. The summed E-state index contributed by atoms with van der Waals surface area (Å²) in [5, 5.41) is 4.89. The van der Waals surface area contributed by atoms with E-state index in [-0.39, 0.29) is 0 Å². The standard InChI is InChI=1S/C18H27N3/c1-4-21-14-15(16-7-5-6-8-17(16)21)13-20-11-9-18(2,19-3)10-12-20/h5-8,14,19H,4,9-13H2,1-3H3. The molecule has 0 spiro atoms. The minimum Gasteiger partial charge on any atom is -0.347 e. The molecular weight excluding hydrogens is 258 g/mol. The van der Waals surface area contributed by atoms with Gasteiger partial charge in [0.05, 0.1) is 0 Å². The predicted octanol–water partition coefficient (Wildman–Crippen LogP) is 3.24. The molecule has 1 fully saturated rings. The van der Waals surface area contributed by atoms with Gasteiger partial charge in [-0.15, -0.1) is 0 Å². The Kier molecular flexibility index (Phi) is 4.05. The zero-order chi connectivity index (χ0) is 14.9. The summed E-state index contributed by atoms with van der Waals surface area (Å²) in [6.45, 7) is 9.04. The van der Waals surface area contributed by atoms with Gasteiger partial charge >= 0.3 is 0 Å². The van der Waals surface area contributed by atoms with Crippen molar-refractivity contribution in [2.24, 2.45) is 0 Å². The fraction of sp³-hybridized carbons (Fsp3) is 0.556. The molecule has 0 atom stereocenters. The molecule has 0 unspecified atom stereocenters. The quantitative estimate of drug-likeness (QED) is 0.930. The Balaban J connectivity index is 1.77. The molecule has 0 bridgehead atoms. The third kappa shape index (κ3) is 2.85. The number of aromatic nitrogens is 1. The van der Waals surface area contributed by atoms with Crippen molar-refractivity contribution < 1.29 is 0 Å². The maximum Gasteiger partial charge on any atom is 0.0483 e. The number of piperidine rings is 1. The fourth-order valence-corrected chi connectivity index (χ4v) is 3.41. The average Bonchev–Trinajstić information content (AvgIpc) is 2.88. The van der Waals surface area contributed by atoms with Gasteiger partial charge < -0.3 is 9.88 Å². The summed E-state index contributed by atoms with van der Waals surface area (Å²) >= 11 is 0. The van der Waals surface area contributed by atoms with Crippen LogP contribution in [0.25, 0.3) is 10.9 Å². The largest absolute Gasteiger partial charge is 0.347 e. The summed E-state index contributed by atoms with van der Waals surface area (Å²) in [6, 6.07) is 8.78. The van der Waals surface area contributed by atoms with Gasteiger partial charge in [-0.05, 0) is 45.4 Å². The van der Waals surface area contributed by atoms with Crippen molar-refractivity contribution >= 4 is 10.9 Å². The van der Waals surface area contributed by atoms with Gasteiger partial charge in [0, 0.05) is 48.8 Å². The van der Waals surface area contributed by atoms with E-state index in [1.54, 1.807) is 0 Å². The number of fused-ring (bicyclic) bond motifs is 1. The van der Waals surface area contributed by atoms with E-state index >= 15 is 0 Å². The normalized spacial score (nSPS) is 19.2. The summed E-state index contributed by atoms with van der Waals surface area (Å²) in [6.07, 6.45) is 4.81. The lowest BCUT2D eigenvalue weighted by Crippen LogP contribution is -2.49. The van der Waals surface area contributed by atoms with Gasteiger partial charge in [0.15, 0.2) is 0 Å². The fourth-order valence-electron chi connectivity index (χ4n) is 3.41. The number of nitrogens with zero attached hydrogens (tertiary/aromatic N) is 2. The minimum atomic E-state index is 0.327. The average molecular weight is 285 g/mol. The van der Waals surface area contributed by atoms with Gasteiger partial charge in [0.1, 0.15) is 0 Å². The van der Waals surface area contributed by atoms with Crippen LogP contribution in [-0.2, 0) is 13.1 Å². The molecule has 21 heavy (non-hydrogen) atoms. The molecule has 2 heterocycles. The van der Waals surface area contributed by atoms with Crippen LogP contribution in [0.5, 0.6) is 0 Å². The SMILES string of the molecule is CCn1cc(CN2CCC(C)(NC)CC2)c2ccccc21. The third-order valence-electron chi connectivity index (χ3n) is 5.17. The van der Waals surface area contributed by atoms with Crippen LogP contribution in [0.4, 0.5) is 0 Å². The van der Waals surface area contributed by atoms with Crippen molar-refractivity contribution in [3.63, 3.8) is 0 Å². The number of aryl methyl sites for hydroxylation is 1. The van der Waals surface area contributed by atoms with Gasteiger partial charge in [0.25, 0.3) is 0 Å². The topological polar surface area (TPSA) is 20.2 Å². The van der Waals surface area contributed by atoms with Crippen LogP contribution in [0.1, 0.15) is 32.3 Å². The van der Waals surface area contributed by atoms with Gasteiger partial charge in [-0.2, -0.15) is 0 Å². The van der Waals surface area contributed by atoms with Gasteiger partial charge in [0.2, 0.25) is 0 Å². The summed E-state index contributed by atoms with van der Waals surface area (Å²) < 4.78 is 2.37. The lowest BCUT2D eigenvalue weighted by atomic mass is 9.90. The molecule has 1 aliphatic rings. The molecule has 0 aliphatic carbocycles. The van der Waals surface area contributed by atoms with Crippen LogP contribution in [0.15, 0.2) is 30.5 Å². The van der Waals surface area contributed by atoms with E-state index in [0.29, 0.717) is 5.54 Å². The molecule has 3 heteroatoms. The van der Waals surface area contributed by atoms with E-state index in [0.717, 1.165) is 13.1 Å². The first-order chi connectivity index (χ1) is 10.1. The van der Waals surface area contributed by atoms with Crippen LogP contribution < -0.4 is 5.32 Å². The second-order valence-electron chi connectivity index (χ2n) is 6.54. The Morgan fingerprint density at radius 2 is 1.90 bits per heavy atom. The monoisotopic (exact) mass is 285 g/mol. The highest BCUT2D eigenvalue weighted by atomic mass is 15.1. The smallest absolute Gasteiger partial charge is 0.0483 e. The van der Waals surface area contributed by atoms with Crippen molar-refractivity contribution in [3.05, 3.63) is 36.0 Å². The summed E-state index contributed by atoms with van der Waals surface area (Å²) in [5.74, 6) is 0. The third-order valence-corrected chi connectivity index (χ3v) is 5.17. The van der Waals surface area contributed by atoms with Crippen LogP contribution in [0.2, 0.25) is 0 Å². The van der Waals surface area contributed by atoms with E-state index in [2.05, 4.69) is 66.1 Å². The highest BCUT2D eigenvalue weighted by Gasteiger charge is 2.28. The van der Waals surface area contributed by atoms with Crippen LogP contribution in [0, 0.1) is 0 Å². The Morgan fingerprint density at radius 1 is 1.19 bits per heavy atom. The molecule has 1 N–H and O–H groups in total. The van der Waals surface area contributed by atoms with Crippen molar-refractivity contribution in [3.8, 4) is 0 Å². The molecule has 3 rings (SSSR count). The summed E-state index contributed by atoms with van der Waals surface area (Å²) in [7, 11) is 2.09. The maximum atomic E-state index is 3.48. The van der Waals surface area contributed by atoms with E-state index < -0.39 is 0 Å². The number of hydrogen-bond acceptors (Lipinski definition) is 2. The first-order valence-corrected chi connectivity index (χ1v) is 8.13. The Morgan fingerprint density at radius 3 is 2.57 bits per heavy atom. The number of rotatable bonds is 4.